The summed E-state index contributed by atoms with van der Waals surface area (Å²) in [6.07, 6.45) is 1.95. The number of fused-ring (bicyclic) bond motifs is 1. The lowest BCUT2D eigenvalue weighted by atomic mass is 10.3. The Hall–Kier alpha value is -0.230. The molecule has 0 saturated carbocycles. The predicted octanol–water partition coefficient (Wildman–Crippen LogP) is 3.15. The molecule has 12 heavy (non-hydrogen) atoms. The van der Waals surface area contributed by atoms with Gasteiger partial charge in [0.1, 0.15) is 5.52 Å². The second-order valence-electron chi connectivity index (χ2n) is 2.30. The SMILES string of the molecule is CSc1nc2cc(I)ccc2o1. The smallest absolute Gasteiger partial charge is 0.256 e. The molecule has 1 aromatic carbocycles. The molecule has 0 aliphatic rings. The number of nitrogens with zero attached hydrogens (tertiary/aromatic N) is 1. The molecule has 0 aliphatic carbocycles. The number of rotatable bonds is 1. The fourth-order valence-electron chi connectivity index (χ4n) is 0.967. The van der Waals surface area contributed by atoms with Crippen LogP contribution >= 0.6 is 34.4 Å². The Labute approximate surface area is 87.9 Å². The van der Waals surface area contributed by atoms with Crippen LogP contribution < -0.4 is 0 Å². The maximum Gasteiger partial charge on any atom is 0.256 e. The molecule has 0 bridgehead atoms. The first kappa shape index (κ1) is 8.37. The van der Waals surface area contributed by atoms with Crippen molar-refractivity contribution in [3.8, 4) is 0 Å². The van der Waals surface area contributed by atoms with Gasteiger partial charge in [-0.15, -0.1) is 0 Å². The molecule has 1 heterocycles. The van der Waals surface area contributed by atoms with Crippen LogP contribution in [0.2, 0.25) is 0 Å². The van der Waals surface area contributed by atoms with E-state index in [1.54, 1.807) is 0 Å². The molecule has 2 rings (SSSR count). The molecular formula is C8H6INOS. The summed E-state index contributed by atoms with van der Waals surface area (Å²) in [5.41, 5.74) is 1.80. The van der Waals surface area contributed by atoms with Gasteiger partial charge in [-0.05, 0) is 47.0 Å². The molecule has 4 heteroatoms. The lowest BCUT2D eigenvalue weighted by Gasteiger charge is -1.85. The van der Waals surface area contributed by atoms with Gasteiger partial charge in [-0.25, -0.2) is 4.98 Å². The standard InChI is InChI=1S/C8H6INOS/c1-12-8-10-6-4-5(9)2-3-7(6)11-8/h2-4H,1H3. The van der Waals surface area contributed by atoms with Gasteiger partial charge >= 0.3 is 0 Å². The number of thioether (sulfide) groups is 1. The number of halogens is 1. The van der Waals surface area contributed by atoms with Gasteiger partial charge in [0, 0.05) is 3.57 Å². The van der Waals surface area contributed by atoms with E-state index in [-0.39, 0.29) is 0 Å². The highest BCUT2D eigenvalue weighted by molar-refractivity contribution is 14.1. The normalized spacial score (nSPS) is 10.8. The van der Waals surface area contributed by atoms with E-state index in [0.29, 0.717) is 0 Å². The van der Waals surface area contributed by atoms with Crippen LogP contribution in [0.15, 0.2) is 27.8 Å². The molecule has 0 amide bonds. The van der Waals surface area contributed by atoms with E-state index in [2.05, 4.69) is 27.6 Å². The highest BCUT2D eigenvalue weighted by atomic mass is 127. The Morgan fingerprint density at radius 3 is 3.08 bits per heavy atom. The summed E-state index contributed by atoms with van der Waals surface area (Å²) in [6.45, 7) is 0. The van der Waals surface area contributed by atoms with E-state index in [9.17, 15) is 0 Å². The Kier molecular flexibility index (Phi) is 2.27. The predicted molar refractivity (Wildman–Crippen MR) is 58.5 cm³/mol. The van der Waals surface area contributed by atoms with Crippen molar-refractivity contribution in [1.82, 2.24) is 4.98 Å². The Balaban J connectivity index is 2.67. The van der Waals surface area contributed by atoms with Gasteiger partial charge in [-0.2, -0.15) is 0 Å². The monoisotopic (exact) mass is 291 g/mol. The highest BCUT2D eigenvalue weighted by Gasteiger charge is 2.03. The van der Waals surface area contributed by atoms with Crippen molar-refractivity contribution in [3.05, 3.63) is 21.8 Å². The van der Waals surface area contributed by atoms with Crippen molar-refractivity contribution in [3.63, 3.8) is 0 Å². The number of oxazole rings is 1. The second-order valence-corrected chi connectivity index (χ2v) is 4.30. The largest absolute Gasteiger partial charge is 0.431 e. The summed E-state index contributed by atoms with van der Waals surface area (Å²) in [6, 6.07) is 5.97. The van der Waals surface area contributed by atoms with Crippen LogP contribution in [-0.4, -0.2) is 11.2 Å². The fraction of sp³-hybridized carbons (Fsp3) is 0.125. The lowest BCUT2D eigenvalue weighted by Crippen LogP contribution is -1.70. The lowest BCUT2D eigenvalue weighted by molar-refractivity contribution is 0.490. The molecule has 1 aromatic heterocycles. The van der Waals surface area contributed by atoms with Gasteiger partial charge in [0.2, 0.25) is 0 Å². The third kappa shape index (κ3) is 1.45. The van der Waals surface area contributed by atoms with Crippen molar-refractivity contribution in [2.45, 2.75) is 5.22 Å². The molecular weight excluding hydrogens is 285 g/mol. The third-order valence-corrected chi connectivity index (χ3v) is 2.70. The minimum Gasteiger partial charge on any atom is -0.431 e. The average molecular weight is 291 g/mol. The maximum absolute atomic E-state index is 5.42. The van der Waals surface area contributed by atoms with Crippen molar-refractivity contribution in [2.75, 3.05) is 6.26 Å². The molecule has 62 valence electrons. The molecule has 0 saturated heterocycles. The summed E-state index contributed by atoms with van der Waals surface area (Å²) < 4.78 is 6.60. The zero-order chi connectivity index (χ0) is 8.55. The molecule has 0 spiro atoms. The first-order valence-corrected chi connectivity index (χ1v) is 5.70. The van der Waals surface area contributed by atoms with E-state index in [4.69, 9.17) is 4.42 Å². The van der Waals surface area contributed by atoms with Crippen LogP contribution in [0.5, 0.6) is 0 Å². The maximum atomic E-state index is 5.42. The number of hydrogen-bond acceptors (Lipinski definition) is 3. The van der Waals surface area contributed by atoms with E-state index in [1.165, 1.54) is 15.3 Å². The summed E-state index contributed by atoms with van der Waals surface area (Å²) in [5.74, 6) is 0. The van der Waals surface area contributed by atoms with Crippen molar-refractivity contribution < 1.29 is 4.42 Å². The molecule has 2 aromatic rings. The molecule has 2 nitrogen and oxygen atoms in total. The first-order chi connectivity index (χ1) is 5.79. The molecule has 0 radical (unpaired) electrons. The van der Waals surface area contributed by atoms with Crippen LogP contribution in [-0.2, 0) is 0 Å². The van der Waals surface area contributed by atoms with Gasteiger partial charge in [-0.3, -0.25) is 0 Å². The van der Waals surface area contributed by atoms with E-state index >= 15 is 0 Å². The molecule has 0 aliphatic heterocycles. The molecule has 0 N–H and O–H groups in total. The summed E-state index contributed by atoms with van der Waals surface area (Å²) in [4.78, 5) is 4.28. The second kappa shape index (κ2) is 3.26. The number of aromatic nitrogens is 1. The van der Waals surface area contributed by atoms with Crippen LogP contribution in [0.1, 0.15) is 0 Å². The van der Waals surface area contributed by atoms with Crippen molar-refractivity contribution in [1.29, 1.82) is 0 Å². The van der Waals surface area contributed by atoms with Gasteiger partial charge in [0.15, 0.2) is 5.58 Å². The van der Waals surface area contributed by atoms with Crippen LogP contribution in [0.3, 0.4) is 0 Å². The van der Waals surface area contributed by atoms with Gasteiger partial charge in [0.05, 0.1) is 0 Å². The fourth-order valence-corrected chi connectivity index (χ4v) is 1.80. The third-order valence-electron chi connectivity index (χ3n) is 1.50. The molecule has 0 atom stereocenters. The Morgan fingerprint density at radius 2 is 2.33 bits per heavy atom. The molecule has 0 unspecified atom stereocenters. The first-order valence-electron chi connectivity index (χ1n) is 3.39. The van der Waals surface area contributed by atoms with Crippen LogP contribution in [0.25, 0.3) is 11.1 Å². The van der Waals surface area contributed by atoms with E-state index in [1.807, 2.05) is 24.5 Å². The Bertz CT molecular complexity index is 412. The van der Waals surface area contributed by atoms with Crippen molar-refractivity contribution in [2.24, 2.45) is 0 Å². The van der Waals surface area contributed by atoms with Gasteiger partial charge < -0.3 is 4.42 Å². The van der Waals surface area contributed by atoms with Gasteiger partial charge in [-0.1, -0.05) is 11.8 Å². The number of hydrogen-bond donors (Lipinski definition) is 0. The van der Waals surface area contributed by atoms with Crippen molar-refractivity contribution >= 4 is 45.5 Å². The topological polar surface area (TPSA) is 26.0 Å². The molecule has 0 fully saturated rings. The zero-order valence-corrected chi connectivity index (χ0v) is 9.35. The summed E-state index contributed by atoms with van der Waals surface area (Å²) in [5, 5.41) is 0.729. The zero-order valence-electron chi connectivity index (χ0n) is 6.37. The number of benzene rings is 1. The summed E-state index contributed by atoms with van der Waals surface area (Å²) in [7, 11) is 0. The average Bonchev–Trinajstić information content (AvgIpc) is 2.46. The van der Waals surface area contributed by atoms with Crippen LogP contribution in [0.4, 0.5) is 0 Å². The van der Waals surface area contributed by atoms with Gasteiger partial charge in [0.25, 0.3) is 5.22 Å². The quantitative estimate of drug-likeness (QED) is 0.596. The van der Waals surface area contributed by atoms with E-state index < -0.39 is 0 Å². The van der Waals surface area contributed by atoms with Crippen LogP contribution in [0, 0.1) is 3.57 Å². The highest BCUT2D eigenvalue weighted by Crippen LogP contribution is 2.22. The minimum absolute atomic E-state index is 0.729. The minimum atomic E-state index is 0.729. The Morgan fingerprint density at radius 1 is 1.50 bits per heavy atom. The summed E-state index contributed by atoms with van der Waals surface area (Å²) >= 11 is 3.78. The van der Waals surface area contributed by atoms with E-state index in [0.717, 1.165) is 16.3 Å².